The second kappa shape index (κ2) is 11.2. The molecule has 1 heterocycles. The topological polar surface area (TPSA) is 96.3 Å². The molecule has 2 N–H and O–H groups in total. The summed E-state index contributed by atoms with van der Waals surface area (Å²) in [5.74, 6) is 0.162. The Hall–Kier alpha value is -1.10. The largest absolute Gasteiger partial charge is 1.00 e. The molecule has 0 unspecified atom stereocenters. The van der Waals surface area contributed by atoms with E-state index in [2.05, 4.69) is 15.1 Å². The molecule has 0 aliphatic rings. The fourth-order valence-electron chi connectivity index (χ4n) is 3.10. The first kappa shape index (κ1) is 27.9. The van der Waals surface area contributed by atoms with Crippen LogP contribution in [0.3, 0.4) is 0 Å². The summed E-state index contributed by atoms with van der Waals surface area (Å²) in [4.78, 5) is 14.5. The Kier molecular flexibility index (Phi) is 10.1. The number of hydrogen-bond acceptors (Lipinski definition) is 5. The number of aryl methyl sites for hydroxylation is 1. The number of carbonyl (C=O) groups excluding carboxylic acids is 1. The molecule has 0 saturated heterocycles. The molecule has 0 saturated carbocycles. The molecule has 8 nitrogen and oxygen atoms in total. The third-order valence-electron chi connectivity index (χ3n) is 4.58. The number of rotatable bonds is 7. The molecule has 0 atom stereocenters. The maximum atomic E-state index is 12.7. The zero-order valence-corrected chi connectivity index (χ0v) is 23.0. The van der Waals surface area contributed by atoms with Gasteiger partial charge in [-0.3, -0.25) is 4.68 Å². The van der Waals surface area contributed by atoms with Gasteiger partial charge in [-0.15, -0.1) is 0 Å². The second-order valence-corrected chi connectivity index (χ2v) is 10.2. The van der Waals surface area contributed by atoms with Crippen LogP contribution in [-0.4, -0.2) is 43.2 Å². The maximum Gasteiger partial charge on any atom is 1.00 e. The summed E-state index contributed by atoms with van der Waals surface area (Å²) >= 11 is 6.25. The van der Waals surface area contributed by atoms with Crippen LogP contribution in [0.25, 0.3) is 0 Å². The summed E-state index contributed by atoms with van der Waals surface area (Å²) < 4.78 is 28.9. The van der Waals surface area contributed by atoms with Crippen molar-refractivity contribution in [1.29, 1.82) is 0 Å². The molecule has 0 spiro atoms. The Morgan fingerprint density at radius 2 is 1.68 bits per heavy atom. The van der Waals surface area contributed by atoms with Gasteiger partial charge in [0.15, 0.2) is 5.03 Å². The van der Waals surface area contributed by atoms with E-state index in [0.29, 0.717) is 22.9 Å². The van der Waals surface area contributed by atoms with E-state index in [0.717, 1.165) is 11.1 Å². The predicted molar refractivity (Wildman–Crippen MR) is 121 cm³/mol. The van der Waals surface area contributed by atoms with Gasteiger partial charge >= 0.3 is 35.6 Å². The maximum absolute atomic E-state index is 12.7. The van der Waals surface area contributed by atoms with E-state index >= 15 is 0 Å². The smallest absolute Gasteiger partial charge is 1.00 e. The first-order valence-corrected chi connectivity index (χ1v) is 11.5. The van der Waals surface area contributed by atoms with Crippen LogP contribution in [0.2, 0.25) is 5.02 Å². The molecule has 1 aromatic heterocycles. The van der Waals surface area contributed by atoms with Crippen LogP contribution in [0.5, 0.6) is 0 Å². The summed E-state index contributed by atoms with van der Waals surface area (Å²) in [5, 5.41) is 7.12. The number of nitrogens with zero attached hydrogens (tertiary/aromatic N) is 3. The van der Waals surface area contributed by atoms with Gasteiger partial charge in [-0.1, -0.05) is 39.3 Å². The van der Waals surface area contributed by atoms with Crippen LogP contribution in [0.15, 0.2) is 23.2 Å². The Morgan fingerprint density at radius 1 is 1.16 bits per heavy atom. The molecule has 2 rings (SSSR count). The van der Waals surface area contributed by atoms with E-state index in [-0.39, 0.29) is 47.8 Å². The van der Waals surface area contributed by atoms with Gasteiger partial charge in [-0.05, 0) is 49.2 Å². The minimum atomic E-state index is -4.13. The van der Waals surface area contributed by atoms with Gasteiger partial charge < -0.3 is 11.6 Å². The summed E-state index contributed by atoms with van der Waals surface area (Å²) in [6.45, 7) is 8.45. The van der Waals surface area contributed by atoms with Crippen molar-refractivity contribution < 1.29 is 44.2 Å². The number of sulfonamides is 1. The van der Waals surface area contributed by atoms with E-state index in [1.165, 1.54) is 10.7 Å². The van der Waals surface area contributed by atoms with Crippen LogP contribution in [0, 0.1) is 0 Å². The van der Waals surface area contributed by atoms with Gasteiger partial charge in [-0.2, -0.15) is 13.5 Å². The number of urea groups is 1. The number of hydrogen-bond donors (Lipinski definition) is 2. The Morgan fingerprint density at radius 3 is 2.13 bits per heavy atom. The number of halogens is 1. The van der Waals surface area contributed by atoms with Crippen molar-refractivity contribution in [3.8, 4) is 0 Å². The molecule has 0 bridgehead atoms. The first-order valence-electron chi connectivity index (χ1n) is 9.66. The third-order valence-corrected chi connectivity index (χ3v) is 6.00. The zero-order chi connectivity index (χ0) is 22.8. The van der Waals surface area contributed by atoms with Crippen LogP contribution < -0.4 is 39.6 Å². The fraction of sp³-hybridized carbons (Fsp3) is 0.500. The van der Waals surface area contributed by atoms with E-state index in [4.69, 9.17) is 11.6 Å². The molecule has 0 aliphatic carbocycles. The van der Waals surface area contributed by atoms with E-state index < -0.39 is 16.1 Å². The summed E-state index contributed by atoms with van der Waals surface area (Å²) in [5.41, 5.74) is 2.96. The standard InChI is InChI=1S/C20H30ClN5O3S.Na.H/c1-12(2)16-8-14(21)9-17(13(3)4)19(16)22-20(27)24-30(28,29)18-10-15(11-25(5)6)26(7)23-18;;/h8-10,12-13H,11H2,1-7H3,(H2,22,24,27);;/q;+1;-1. The van der Waals surface area contributed by atoms with Crippen molar-refractivity contribution >= 4 is 33.3 Å². The molecule has 168 valence electrons. The summed E-state index contributed by atoms with van der Waals surface area (Å²) in [7, 11) is 1.28. The minimum absolute atomic E-state index is 0. The molecule has 1 aromatic carbocycles. The average Bonchev–Trinajstić information content (AvgIpc) is 2.96. The quantitative estimate of drug-likeness (QED) is 0.578. The SMILES string of the molecule is CC(C)c1cc(Cl)cc(C(C)C)c1NC(=O)NS(=O)(=O)c1cc(CN(C)C)n(C)n1.[H-].[Na+]. The molecular formula is C20H31ClN5NaO3S. The van der Waals surface area contributed by atoms with Crippen LogP contribution in [-0.2, 0) is 23.6 Å². The van der Waals surface area contributed by atoms with Gasteiger partial charge in [0, 0.05) is 30.4 Å². The number of benzene rings is 1. The van der Waals surface area contributed by atoms with Crippen LogP contribution in [0.4, 0.5) is 10.5 Å². The Labute approximate surface area is 213 Å². The Bertz CT molecular complexity index is 1010. The van der Waals surface area contributed by atoms with Crippen molar-refractivity contribution in [2.24, 2.45) is 7.05 Å². The number of carbonyl (C=O) groups is 1. The van der Waals surface area contributed by atoms with Crippen molar-refractivity contribution in [2.75, 3.05) is 19.4 Å². The number of aromatic nitrogens is 2. The van der Waals surface area contributed by atoms with Gasteiger partial charge in [0.2, 0.25) is 0 Å². The molecule has 0 radical (unpaired) electrons. The van der Waals surface area contributed by atoms with Gasteiger partial charge in [0.05, 0.1) is 5.69 Å². The van der Waals surface area contributed by atoms with E-state index in [1.807, 2.05) is 46.7 Å². The van der Waals surface area contributed by atoms with E-state index in [1.54, 1.807) is 19.2 Å². The van der Waals surface area contributed by atoms with Crippen molar-refractivity contribution in [2.45, 2.75) is 51.1 Å². The second-order valence-electron chi connectivity index (χ2n) is 8.16. The normalized spacial score (nSPS) is 11.7. The van der Waals surface area contributed by atoms with Gasteiger partial charge in [0.25, 0.3) is 10.0 Å². The first-order chi connectivity index (χ1) is 13.8. The van der Waals surface area contributed by atoms with Gasteiger partial charge in [-0.25, -0.2) is 9.52 Å². The molecule has 31 heavy (non-hydrogen) atoms. The average molecular weight is 480 g/mol. The number of nitrogens with one attached hydrogen (secondary N) is 2. The fourth-order valence-corrected chi connectivity index (χ4v) is 4.25. The van der Waals surface area contributed by atoms with Crippen molar-refractivity contribution in [1.82, 2.24) is 19.4 Å². The van der Waals surface area contributed by atoms with Gasteiger partial charge in [0.1, 0.15) is 0 Å². The number of anilines is 1. The molecule has 11 heteroatoms. The molecule has 0 aliphatic heterocycles. The summed E-state index contributed by atoms with van der Waals surface area (Å²) in [6.07, 6.45) is 0. The summed E-state index contributed by atoms with van der Waals surface area (Å²) in [6, 6.07) is 4.18. The molecule has 0 fully saturated rings. The molecular weight excluding hydrogens is 449 g/mol. The van der Waals surface area contributed by atoms with Crippen LogP contribution >= 0.6 is 11.6 Å². The van der Waals surface area contributed by atoms with E-state index in [9.17, 15) is 13.2 Å². The van der Waals surface area contributed by atoms with Crippen molar-refractivity contribution in [3.63, 3.8) is 0 Å². The monoisotopic (exact) mass is 479 g/mol. The predicted octanol–water partition coefficient (Wildman–Crippen LogP) is 1.01. The molecule has 2 amide bonds. The third kappa shape index (κ3) is 7.20. The molecule has 2 aromatic rings. The number of amides is 2. The minimum Gasteiger partial charge on any atom is -1.00 e. The van der Waals surface area contributed by atoms with Crippen molar-refractivity contribution in [3.05, 3.63) is 40.0 Å². The zero-order valence-electron chi connectivity index (χ0n) is 20.4. The van der Waals surface area contributed by atoms with Crippen LogP contribution in [0.1, 0.15) is 57.8 Å². The Balaban J connectivity index is 0.00000480.